The number of amides is 1. The Bertz CT molecular complexity index is 267. The molecule has 0 aromatic carbocycles. The van der Waals surface area contributed by atoms with Gasteiger partial charge in [0.25, 0.3) is 0 Å². The van der Waals surface area contributed by atoms with Crippen molar-refractivity contribution in [2.75, 3.05) is 45.9 Å². The third-order valence-electron chi connectivity index (χ3n) is 3.88. The van der Waals surface area contributed by atoms with Crippen LogP contribution < -0.4 is 5.73 Å². The van der Waals surface area contributed by atoms with Gasteiger partial charge in [-0.1, -0.05) is 0 Å². The number of nitrogens with two attached hydrogens (primary N) is 1. The topological polar surface area (TPSA) is 58.8 Å². The van der Waals surface area contributed by atoms with Gasteiger partial charge in [-0.25, -0.2) is 0 Å². The lowest BCUT2D eigenvalue weighted by Gasteiger charge is -2.39. The summed E-state index contributed by atoms with van der Waals surface area (Å²) in [5.74, 6) is 0.232. The van der Waals surface area contributed by atoms with Crippen molar-refractivity contribution in [3.63, 3.8) is 0 Å². The van der Waals surface area contributed by atoms with Crippen LogP contribution in [0.1, 0.15) is 25.7 Å². The van der Waals surface area contributed by atoms with Gasteiger partial charge in [-0.15, -0.1) is 0 Å². The number of rotatable bonds is 4. The Morgan fingerprint density at radius 1 is 1.22 bits per heavy atom. The summed E-state index contributed by atoms with van der Waals surface area (Å²) in [5.41, 5.74) is 5.49. The standard InChI is InChI=1S/C13H25N3O2/c14-5-4-13(17)16-6-2-1-3-12(16)11-15-7-9-18-10-8-15/h12H,1-11,14H2. The Morgan fingerprint density at radius 3 is 2.72 bits per heavy atom. The van der Waals surface area contributed by atoms with Gasteiger partial charge >= 0.3 is 0 Å². The molecule has 1 atom stereocenters. The van der Waals surface area contributed by atoms with E-state index in [1.165, 1.54) is 6.42 Å². The number of carbonyl (C=O) groups is 1. The van der Waals surface area contributed by atoms with Crippen molar-refractivity contribution in [3.05, 3.63) is 0 Å². The van der Waals surface area contributed by atoms with Crippen LogP contribution in [0.25, 0.3) is 0 Å². The lowest BCUT2D eigenvalue weighted by molar-refractivity contribution is -0.135. The molecule has 0 aromatic heterocycles. The predicted octanol–water partition coefficient (Wildman–Crippen LogP) is 0.0485. The van der Waals surface area contributed by atoms with Crippen molar-refractivity contribution >= 4 is 5.91 Å². The Labute approximate surface area is 109 Å². The van der Waals surface area contributed by atoms with Crippen LogP contribution in [0, 0.1) is 0 Å². The van der Waals surface area contributed by atoms with Gasteiger partial charge in [0.05, 0.1) is 13.2 Å². The SMILES string of the molecule is NCCC(=O)N1CCCCC1CN1CCOCC1. The maximum absolute atomic E-state index is 12.1. The van der Waals surface area contributed by atoms with E-state index in [-0.39, 0.29) is 5.91 Å². The normalized spacial score (nSPS) is 26.3. The molecule has 0 saturated carbocycles. The summed E-state index contributed by atoms with van der Waals surface area (Å²) < 4.78 is 5.36. The smallest absolute Gasteiger partial charge is 0.224 e. The molecule has 2 heterocycles. The fourth-order valence-corrected chi connectivity index (χ4v) is 2.87. The van der Waals surface area contributed by atoms with Gasteiger partial charge in [0, 0.05) is 45.2 Å². The molecule has 18 heavy (non-hydrogen) atoms. The molecule has 1 unspecified atom stereocenters. The Morgan fingerprint density at radius 2 is 2.00 bits per heavy atom. The molecular formula is C13H25N3O2. The molecule has 0 aromatic rings. The highest BCUT2D eigenvalue weighted by Crippen LogP contribution is 2.19. The minimum Gasteiger partial charge on any atom is -0.379 e. The average molecular weight is 255 g/mol. The average Bonchev–Trinajstić information content (AvgIpc) is 2.41. The molecule has 2 saturated heterocycles. The van der Waals surface area contributed by atoms with Crippen LogP contribution in [-0.4, -0.2) is 67.7 Å². The zero-order chi connectivity index (χ0) is 12.8. The number of ether oxygens (including phenoxy) is 1. The number of piperidine rings is 1. The van der Waals surface area contributed by atoms with E-state index in [0.717, 1.165) is 52.2 Å². The first-order chi connectivity index (χ1) is 8.81. The molecular weight excluding hydrogens is 230 g/mol. The van der Waals surface area contributed by atoms with E-state index in [1.807, 2.05) is 0 Å². The van der Waals surface area contributed by atoms with Crippen LogP contribution in [0.3, 0.4) is 0 Å². The quantitative estimate of drug-likeness (QED) is 0.771. The summed E-state index contributed by atoms with van der Waals surface area (Å²) in [5, 5.41) is 0. The first-order valence-electron chi connectivity index (χ1n) is 7.11. The summed E-state index contributed by atoms with van der Waals surface area (Å²) >= 11 is 0. The Kier molecular flexibility index (Phi) is 5.41. The van der Waals surface area contributed by atoms with Crippen molar-refractivity contribution in [1.29, 1.82) is 0 Å². The van der Waals surface area contributed by atoms with E-state index in [2.05, 4.69) is 9.80 Å². The van der Waals surface area contributed by atoms with Crippen molar-refractivity contribution < 1.29 is 9.53 Å². The molecule has 5 nitrogen and oxygen atoms in total. The lowest BCUT2D eigenvalue weighted by Crippen LogP contribution is -2.51. The lowest BCUT2D eigenvalue weighted by atomic mass is 10.0. The fourth-order valence-electron chi connectivity index (χ4n) is 2.87. The van der Waals surface area contributed by atoms with E-state index < -0.39 is 0 Å². The molecule has 0 aliphatic carbocycles. The third-order valence-corrected chi connectivity index (χ3v) is 3.88. The van der Waals surface area contributed by atoms with Crippen LogP contribution in [0.5, 0.6) is 0 Å². The molecule has 2 rings (SSSR count). The van der Waals surface area contributed by atoms with Gasteiger partial charge in [0.2, 0.25) is 5.91 Å². The van der Waals surface area contributed by atoms with Crippen LogP contribution in [0.4, 0.5) is 0 Å². The summed E-state index contributed by atoms with van der Waals surface area (Å²) in [6.07, 6.45) is 3.99. The van der Waals surface area contributed by atoms with Gasteiger partial charge < -0.3 is 15.4 Å². The van der Waals surface area contributed by atoms with Gasteiger partial charge in [0.1, 0.15) is 0 Å². The van der Waals surface area contributed by atoms with Gasteiger partial charge in [-0.3, -0.25) is 9.69 Å². The first-order valence-corrected chi connectivity index (χ1v) is 7.11. The van der Waals surface area contributed by atoms with Gasteiger partial charge in [-0.2, -0.15) is 0 Å². The molecule has 5 heteroatoms. The fraction of sp³-hybridized carbons (Fsp3) is 0.923. The van der Waals surface area contributed by atoms with Crippen LogP contribution >= 0.6 is 0 Å². The van der Waals surface area contributed by atoms with E-state index in [4.69, 9.17) is 10.5 Å². The molecule has 0 spiro atoms. The zero-order valence-corrected chi connectivity index (χ0v) is 11.1. The summed E-state index contributed by atoms with van der Waals surface area (Å²) in [7, 11) is 0. The Hall–Kier alpha value is -0.650. The second-order valence-corrected chi connectivity index (χ2v) is 5.19. The molecule has 0 bridgehead atoms. The van der Waals surface area contributed by atoms with Gasteiger partial charge in [-0.05, 0) is 19.3 Å². The van der Waals surface area contributed by atoms with Crippen LogP contribution in [0.2, 0.25) is 0 Å². The number of nitrogens with zero attached hydrogens (tertiary/aromatic N) is 2. The third kappa shape index (κ3) is 3.67. The second kappa shape index (κ2) is 7.07. The highest BCUT2D eigenvalue weighted by atomic mass is 16.5. The zero-order valence-electron chi connectivity index (χ0n) is 11.1. The van der Waals surface area contributed by atoms with Crippen molar-refractivity contribution in [2.24, 2.45) is 5.73 Å². The number of carbonyl (C=O) groups excluding carboxylic acids is 1. The van der Waals surface area contributed by atoms with E-state index in [1.54, 1.807) is 0 Å². The van der Waals surface area contributed by atoms with Crippen LogP contribution in [-0.2, 0) is 9.53 Å². The van der Waals surface area contributed by atoms with E-state index in [0.29, 0.717) is 19.0 Å². The van der Waals surface area contributed by atoms with Gasteiger partial charge in [0.15, 0.2) is 0 Å². The largest absolute Gasteiger partial charge is 0.379 e. The minimum atomic E-state index is 0.232. The van der Waals surface area contributed by atoms with Crippen molar-refractivity contribution in [3.8, 4) is 0 Å². The molecule has 2 aliphatic rings. The summed E-state index contributed by atoms with van der Waals surface area (Å²) in [4.78, 5) is 16.5. The monoisotopic (exact) mass is 255 g/mol. The second-order valence-electron chi connectivity index (χ2n) is 5.19. The number of likely N-dealkylation sites (tertiary alicyclic amines) is 1. The maximum Gasteiger partial charge on any atom is 0.224 e. The molecule has 0 radical (unpaired) electrons. The first kappa shape index (κ1) is 13.8. The maximum atomic E-state index is 12.1. The summed E-state index contributed by atoms with van der Waals surface area (Å²) in [6.45, 7) is 6.00. The minimum absolute atomic E-state index is 0.232. The predicted molar refractivity (Wildman–Crippen MR) is 70.3 cm³/mol. The van der Waals surface area contributed by atoms with Crippen molar-refractivity contribution in [1.82, 2.24) is 9.80 Å². The van der Waals surface area contributed by atoms with Crippen LogP contribution in [0.15, 0.2) is 0 Å². The van der Waals surface area contributed by atoms with E-state index in [9.17, 15) is 4.79 Å². The van der Waals surface area contributed by atoms with E-state index >= 15 is 0 Å². The molecule has 2 fully saturated rings. The number of hydrogen-bond acceptors (Lipinski definition) is 4. The summed E-state index contributed by atoms with van der Waals surface area (Å²) in [6, 6.07) is 0.385. The van der Waals surface area contributed by atoms with Crippen molar-refractivity contribution in [2.45, 2.75) is 31.7 Å². The number of morpholine rings is 1. The highest BCUT2D eigenvalue weighted by Gasteiger charge is 2.28. The number of hydrogen-bond donors (Lipinski definition) is 1. The molecule has 104 valence electrons. The Balaban J connectivity index is 1.88. The molecule has 2 aliphatic heterocycles. The highest BCUT2D eigenvalue weighted by molar-refractivity contribution is 5.76. The molecule has 2 N–H and O–H groups in total. The molecule has 1 amide bonds.